The predicted molar refractivity (Wildman–Crippen MR) is 94.3 cm³/mol. The van der Waals surface area contributed by atoms with Gasteiger partial charge in [-0.2, -0.15) is 18.8 Å². The molecule has 0 fully saturated rings. The quantitative estimate of drug-likeness (QED) is 0.618. The van der Waals surface area contributed by atoms with Crippen LogP contribution >= 0.6 is 0 Å². The second-order valence-electron chi connectivity index (χ2n) is 5.09. The molecule has 0 aromatic heterocycles. The number of rotatable bonds is 7. The Labute approximate surface area is 142 Å². The van der Waals surface area contributed by atoms with Crippen LogP contribution in [0.15, 0.2) is 64.6 Å². The van der Waals surface area contributed by atoms with Crippen LogP contribution in [0, 0.1) is 11.3 Å². The fraction of sp³-hybridized carbons (Fsp3) is 0.176. The van der Waals surface area contributed by atoms with E-state index in [4.69, 9.17) is 5.26 Å². The number of sulfonamides is 1. The molecule has 0 unspecified atom stereocenters. The molecule has 0 radical (unpaired) electrons. The molecule has 24 heavy (non-hydrogen) atoms. The van der Waals surface area contributed by atoms with Gasteiger partial charge in [0, 0.05) is 19.3 Å². The summed E-state index contributed by atoms with van der Waals surface area (Å²) in [6, 6.07) is 17.6. The topological polar surface area (TPSA) is 85.6 Å². The van der Waals surface area contributed by atoms with Crippen molar-refractivity contribution in [2.45, 2.75) is 11.3 Å². The third-order valence-electron chi connectivity index (χ3n) is 3.33. The fourth-order valence-corrected chi connectivity index (χ4v) is 2.80. The van der Waals surface area contributed by atoms with Crippen LogP contribution in [-0.2, 0) is 10.0 Å². The maximum absolute atomic E-state index is 12.0. The molecule has 1 N–H and O–H groups in total. The Morgan fingerprint density at radius 2 is 1.83 bits per heavy atom. The molecule has 2 rings (SSSR count). The zero-order valence-electron chi connectivity index (χ0n) is 13.3. The summed E-state index contributed by atoms with van der Waals surface area (Å²) in [5, 5.41) is 12.4. The summed E-state index contributed by atoms with van der Waals surface area (Å²) in [6.07, 6.45) is 1.90. The number of nitrogens with zero attached hydrogens (tertiary/aromatic N) is 3. The molecular formula is C17H18N4O2S. The average Bonchev–Trinajstić information content (AvgIpc) is 2.61. The number of benzene rings is 2. The van der Waals surface area contributed by atoms with Gasteiger partial charge in [0.1, 0.15) is 0 Å². The zero-order valence-corrected chi connectivity index (χ0v) is 14.1. The number of anilines is 1. The standard InChI is InChI=1S/C17H18N4O2S/c1-21(13-5-12-18)16-10-8-15(9-11-16)14-19-20-24(22,23)17-6-3-2-4-7-17/h2-4,6-11,14,20H,5,13H2,1H3. The number of nitrogens with one attached hydrogen (secondary N) is 1. The SMILES string of the molecule is CN(CCC#N)c1ccc(C=NNS(=O)(=O)c2ccccc2)cc1. The Balaban J connectivity index is 1.99. The van der Waals surface area contributed by atoms with Crippen LogP contribution in [0.1, 0.15) is 12.0 Å². The van der Waals surface area contributed by atoms with E-state index in [-0.39, 0.29) is 4.90 Å². The van der Waals surface area contributed by atoms with Gasteiger partial charge in [-0.05, 0) is 29.8 Å². The van der Waals surface area contributed by atoms with Crippen LogP contribution in [0.4, 0.5) is 5.69 Å². The van der Waals surface area contributed by atoms with Crippen molar-refractivity contribution in [2.75, 3.05) is 18.5 Å². The summed E-state index contributed by atoms with van der Waals surface area (Å²) < 4.78 is 24.0. The van der Waals surface area contributed by atoms with Crippen LogP contribution in [-0.4, -0.2) is 28.2 Å². The van der Waals surface area contributed by atoms with Crippen LogP contribution < -0.4 is 9.73 Å². The minimum Gasteiger partial charge on any atom is -0.374 e. The van der Waals surface area contributed by atoms with E-state index in [1.54, 1.807) is 18.2 Å². The van der Waals surface area contributed by atoms with Crippen molar-refractivity contribution in [2.24, 2.45) is 5.10 Å². The molecule has 0 atom stereocenters. The van der Waals surface area contributed by atoms with E-state index < -0.39 is 10.0 Å². The van der Waals surface area contributed by atoms with Crippen LogP contribution in [0.25, 0.3) is 0 Å². The van der Waals surface area contributed by atoms with Crippen molar-refractivity contribution in [3.05, 3.63) is 60.2 Å². The van der Waals surface area contributed by atoms with Crippen molar-refractivity contribution in [1.82, 2.24) is 4.83 Å². The molecule has 2 aromatic carbocycles. The van der Waals surface area contributed by atoms with Crippen molar-refractivity contribution < 1.29 is 8.42 Å². The first-order valence-electron chi connectivity index (χ1n) is 7.31. The second kappa shape index (κ2) is 8.13. The first-order chi connectivity index (χ1) is 11.5. The van der Waals surface area contributed by atoms with Gasteiger partial charge < -0.3 is 4.90 Å². The molecule has 2 aromatic rings. The normalized spacial score (nSPS) is 11.2. The molecule has 0 heterocycles. The van der Waals surface area contributed by atoms with E-state index in [9.17, 15) is 8.42 Å². The van der Waals surface area contributed by atoms with Crippen molar-refractivity contribution >= 4 is 21.9 Å². The third-order valence-corrected chi connectivity index (χ3v) is 4.57. The summed E-state index contributed by atoms with van der Waals surface area (Å²) in [5.74, 6) is 0. The smallest absolute Gasteiger partial charge is 0.276 e. The molecule has 0 saturated carbocycles. The van der Waals surface area contributed by atoms with Gasteiger partial charge in [0.15, 0.2) is 0 Å². The molecular weight excluding hydrogens is 324 g/mol. The monoisotopic (exact) mass is 342 g/mol. The van der Waals surface area contributed by atoms with E-state index in [1.807, 2.05) is 36.2 Å². The minimum absolute atomic E-state index is 0.164. The third kappa shape index (κ3) is 4.83. The Hall–Kier alpha value is -2.85. The molecule has 0 bridgehead atoms. The van der Waals surface area contributed by atoms with Gasteiger partial charge in [-0.15, -0.1) is 0 Å². The van der Waals surface area contributed by atoms with Gasteiger partial charge in [0.05, 0.1) is 23.6 Å². The van der Waals surface area contributed by atoms with Crippen LogP contribution in [0.3, 0.4) is 0 Å². The molecule has 0 aliphatic carbocycles. The lowest BCUT2D eigenvalue weighted by Crippen LogP contribution is -2.18. The summed E-state index contributed by atoms with van der Waals surface area (Å²) in [7, 11) is -1.74. The van der Waals surface area contributed by atoms with Crippen LogP contribution in [0.2, 0.25) is 0 Å². The van der Waals surface area contributed by atoms with Crippen molar-refractivity contribution in [1.29, 1.82) is 5.26 Å². The first-order valence-corrected chi connectivity index (χ1v) is 8.79. The van der Waals surface area contributed by atoms with Gasteiger partial charge in [0.25, 0.3) is 10.0 Å². The number of hydrogen-bond acceptors (Lipinski definition) is 5. The van der Waals surface area contributed by atoms with Gasteiger partial charge in [-0.1, -0.05) is 30.3 Å². The highest BCUT2D eigenvalue weighted by Gasteiger charge is 2.10. The fourth-order valence-electron chi connectivity index (χ4n) is 1.98. The highest BCUT2D eigenvalue weighted by molar-refractivity contribution is 7.89. The minimum atomic E-state index is -3.65. The Bertz CT molecular complexity index is 825. The van der Waals surface area contributed by atoms with Crippen molar-refractivity contribution in [3.63, 3.8) is 0 Å². The van der Waals surface area contributed by atoms with E-state index in [0.29, 0.717) is 13.0 Å². The number of hydrazone groups is 1. The molecule has 6 nitrogen and oxygen atoms in total. The maximum Gasteiger partial charge on any atom is 0.276 e. The molecule has 0 spiro atoms. The Kier molecular flexibility index (Phi) is 5.93. The molecule has 7 heteroatoms. The molecule has 124 valence electrons. The van der Waals surface area contributed by atoms with Gasteiger partial charge >= 0.3 is 0 Å². The van der Waals surface area contributed by atoms with E-state index in [0.717, 1.165) is 11.3 Å². The Morgan fingerprint density at radius 3 is 2.46 bits per heavy atom. The first kappa shape index (κ1) is 17.5. The summed E-state index contributed by atoms with van der Waals surface area (Å²) >= 11 is 0. The number of hydrogen-bond donors (Lipinski definition) is 1. The van der Waals surface area contributed by atoms with Crippen LogP contribution in [0.5, 0.6) is 0 Å². The lowest BCUT2D eigenvalue weighted by atomic mass is 10.2. The highest BCUT2D eigenvalue weighted by Crippen LogP contribution is 2.13. The van der Waals surface area contributed by atoms with Gasteiger partial charge in [-0.3, -0.25) is 0 Å². The van der Waals surface area contributed by atoms with E-state index >= 15 is 0 Å². The van der Waals surface area contributed by atoms with Gasteiger partial charge in [-0.25, -0.2) is 4.83 Å². The number of nitriles is 1. The summed E-state index contributed by atoms with van der Waals surface area (Å²) in [6.45, 7) is 0.654. The largest absolute Gasteiger partial charge is 0.374 e. The van der Waals surface area contributed by atoms with Gasteiger partial charge in [0.2, 0.25) is 0 Å². The molecule has 0 saturated heterocycles. The van der Waals surface area contributed by atoms with Crippen molar-refractivity contribution in [3.8, 4) is 6.07 Å². The predicted octanol–water partition coefficient (Wildman–Crippen LogP) is 2.35. The molecule has 0 aliphatic rings. The molecule has 0 aliphatic heterocycles. The maximum atomic E-state index is 12.0. The van der Waals surface area contributed by atoms with E-state index in [2.05, 4.69) is 16.0 Å². The Morgan fingerprint density at radius 1 is 1.17 bits per heavy atom. The second-order valence-corrected chi connectivity index (χ2v) is 6.75. The lowest BCUT2D eigenvalue weighted by Gasteiger charge is -2.17. The average molecular weight is 342 g/mol. The highest BCUT2D eigenvalue weighted by atomic mass is 32.2. The van der Waals surface area contributed by atoms with E-state index in [1.165, 1.54) is 18.3 Å². The zero-order chi connectivity index (χ0) is 17.4. The summed E-state index contributed by atoms with van der Waals surface area (Å²) in [5.41, 5.74) is 1.75. The lowest BCUT2D eigenvalue weighted by molar-refractivity contribution is 0.584. The molecule has 0 amide bonds. The summed E-state index contributed by atoms with van der Waals surface area (Å²) in [4.78, 5) is 4.32.